The fourth-order valence-corrected chi connectivity index (χ4v) is 4.02. The molecule has 2 unspecified atom stereocenters. The van der Waals surface area contributed by atoms with E-state index in [2.05, 4.69) is 65.2 Å². The van der Waals surface area contributed by atoms with Crippen LogP contribution in [0.25, 0.3) is 21.8 Å². The first-order chi connectivity index (χ1) is 12.7. The van der Waals surface area contributed by atoms with Gasteiger partial charge in [0.05, 0.1) is 13.2 Å². The van der Waals surface area contributed by atoms with E-state index in [-0.39, 0.29) is 6.10 Å². The zero-order chi connectivity index (χ0) is 17.6. The van der Waals surface area contributed by atoms with Crippen LogP contribution in [0.2, 0.25) is 0 Å². The topological polar surface area (TPSA) is 23.4 Å². The second-order valence-electron chi connectivity index (χ2n) is 7.01. The molecule has 0 radical (unpaired) electrons. The molecule has 26 heavy (non-hydrogen) atoms. The normalized spacial score (nSPS) is 23.0. The molecular formula is C23H21NO2. The summed E-state index contributed by atoms with van der Waals surface area (Å²) in [4.78, 5) is 0. The van der Waals surface area contributed by atoms with Crippen LogP contribution in [0.1, 0.15) is 12.5 Å². The summed E-state index contributed by atoms with van der Waals surface area (Å²) in [7, 11) is 0. The van der Waals surface area contributed by atoms with E-state index in [1.807, 2.05) is 25.1 Å². The Morgan fingerprint density at radius 3 is 2.08 bits per heavy atom. The van der Waals surface area contributed by atoms with Gasteiger partial charge in [-0.05, 0) is 19.1 Å². The van der Waals surface area contributed by atoms with Gasteiger partial charge in [0.2, 0.25) is 0 Å². The molecule has 1 aliphatic rings. The number of benzene rings is 3. The molecule has 0 N–H and O–H groups in total. The summed E-state index contributed by atoms with van der Waals surface area (Å²) in [6.45, 7) is 3.37. The van der Waals surface area contributed by atoms with Gasteiger partial charge in [-0.2, -0.15) is 0 Å². The molecular weight excluding hydrogens is 322 g/mol. The third-order valence-electron chi connectivity index (χ3n) is 5.30. The number of rotatable bonds is 3. The number of hydrogen-bond acceptors (Lipinski definition) is 2. The van der Waals surface area contributed by atoms with E-state index in [0.717, 1.165) is 12.1 Å². The first kappa shape index (κ1) is 15.6. The fraction of sp³-hybridized carbons (Fsp3) is 0.217. The summed E-state index contributed by atoms with van der Waals surface area (Å²) in [5, 5.41) is 2.57. The molecule has 1 aromatic heterocycles. The zero-order valence-electron chi connectivity index (χ0n) is 14.8. The van der Waals surface area contributed by atoms with Crippen molar-refractivity contribution in [2.45, 2.75) is 25.4 Å². The van der Waals surface area contributed by atoms with Crippen molar-refractivity contribution in [2.24, 2.45) is 0 Å². The van der Waals surface area contributed by atoms with Gasteiger partial charge >= 0.3 is 0 Å². The van der Waals surface area contributed by atoms with Crippen molar-refractivity contribution in [3.63, 3.8) is 0 Å². The zero-order valence-corrected chi connectivity index (χ0v) is 14.8. The summed E-state index contributed by atoms with van der Waals surface area (Å²) in [5.41, 5.74) is 3.54. The van der Waals surface area contributed by atoms with Crippen molar-refractivity contribution in [1.29, 1.82) is 0 Å². The van der Waals surface area contributed by atoms with Gasteiger partial charge in [-0.1, -0.05) is 66.7 Å². The Labute approximate surface area is 152 Å². The molecule has 0 amide bonds. The van der Waals surface area contributed by atoms with Crippen LogP contribution in [0.3, 0.4) is 0 Å². The van der Waals surface area contributed by atoms with Gasteiger partial charge in [0, 0.05) is 27.4 Å². The third-order valence-corrected chi connectivity index (χ3v) is 5.30. The molecule has 1 saturated heterocycles. The highest BCUT2D eigenvalue weighted by Gasteiger charge is 2.39. The van der Waals surface area contributed by atoms with Crippen molar-refractivity contribution in [3.05, 3.63) is 84.4 Å². The van der Waals surface area contributed by atoms with E-state index < -0.39 is 5.79 Å². The lowest BCUT2D eigenvalue weighted by Crippen LogP contribution is -2.25. The number of fused-ring (bicyclic) bond motifs is 3. The smallest absolute Gasteiger partial charge is 0.192 e. The standard InChI is InChI=1S/C23H21NO2/c1-23(17-9-3-2-4-10-17)25-16-18(26-23)15-24-21-13-7-5-11-19(21)20-12-6-8-14-22(20)24/h2-14,18H,15-16H2,1H3. The molecule has 3 nitrogen and oxygen atoms in total. The largest absolute Gasteiger partial charge is 0.343 e. The lowest BCUT2D eigenvalue weighted by molar-refractivity contribution is -0.162. The monoisotopic (exact) mass is 343 g/mol. The number of hydrogen-bond donors (Lipinski definition) is 0. The second-order valence-corrected chi connectivity index (χ2v) is 7.01. The predicted molar refractivity (Wildman–Crippen MR) is 104 cm³/mol. The van der Waals surface area contributed by atoms with Crippen LogP contribution < -0.4 is 0 Å². The van der Waals surface area contributed by atoms with Crippen LogP contribution in [0, 0.1) is 0 Å². The second kappa shape index (κ2) is 5.97. The molecule has 130 valence electrons. The highest BCUT2D eigenvalue weighted by atomic mass is 16.7. The first-order valence-electron chi connectivity index (χ1n) is 9.08. The van der Waals surface area contributed by atoms with Crippen LogP contribution in [0.4, 0.5) is 0 Å². The molecule has 0 spiro atoms. The number of para-hydroxylation sites is 2. The molecule has 0 saturated carbocycles. The minimum Gasteiger partial charge on any atom is -0.343 e. The van der Waals surface area contributed by atoms with E-state index in [1.54, 1.807) is 0 Å². The van der Waals surface area contributed by atoms with Gasteiger partial charge in [-0.15, -0.1) is 0 Å². The summed E-state index contributed by atoms with van der Waals surface area (Å²) < 4.78 is 14.8. The van der Waals surface area contributed by atoms with Gasteiger partial charge < -0.3 is 14.0 Å². The van der Waals surface area contributed by atoms with Crippen LogP contribution >= 0.6 is 0 Å². The Morgan fingerprint density at radius 1 is 0.846 bits per heavy atom. The minimum absolute atomic E-state index is 0.0134. The van der Waals surface area contributed by atoms with Crippen molar-refractivity contribution < 1.29 is 9.47 Å². The summed E-state index contributed by atoms with van der Waals surface area (Å²) in [6.07, 6.45) is 0.0134. The van der Waals surface area contributed by atoms with E-state index in [1.165, 1.54) is 21.8 Å². The maximum atomic E-state index is 6.36. The Morgan fingerprint density at radius 2 is 1.42 bits per heavy atom. The van der Waals surface area contributed by atoms with E-state index in [4.69, 9.17) is 9.47 Å². The molecule has 1 aliphatic heterocycles. The summed E-state index contributed by atoms with van der Waals surface area (Å²) in [6, 6.07) is 27.3. The lowest BCUT2D eigenvalue weighted by Gasteiger charge is -2.24. The summed E-state index contributed by atoms with van der Waals surface area (Å²) in [5.74, 6) is -0.676. The van der Waals surface area contributed by atoms with Crippen molar-refractivity contribution >= 4 is 21.8 Å². The van der Waals surface area contributed by atoms with E-state index in [9.17, 15) is 0 Å². The molecule has 0 aliphatic carbocycles. The SMILES string of the molecule is CC1(c2ccccc2)OCC(Cn2c3ccccc3c3ccccc32)O1. The highest BCUT2D eigenvalue weighted by molar-refractivity contribution is 6.07. The lowest BCUT2D eigenvalue weighted by atomic mass is 10.1. The molecule has 4 aromatic rings. The van der Waals surface area contributed by atoms with Crippen LogP contribution in [-0.4, -0.2) is 17.3 Å². The van der Waals surface area contributed by atoms with Crippen LogP contribution in [-0.2, 0) is 21.8 Å². The minimum atomic E-state index is -0.676. The van der Waals surface area contributed by atoms with Gasteiger partial charge in [-0.25, -0.2) is 0 Å². The van der Waals surface area contributed by atoms with E-state index >= 15 is 0 Å². The Balaban J connectivity index is 1.51. The van der Waals surface area contributed by atoms with Crippen LogP contribution in [0.5, 0.6) is 0 Å². The molecule has 3 aromatic carbocycles. The van der Waals surface area contributed by atoms with Crippen LogP contribution in [0.15, 0.2) is 78.9 Å². The molecule has 5 rings (SSSR count). The number of aromatic nitrogens is 1. The van der Waals surface area contributed by atoms with Crippen molar-refractivity contribution in [3.8, 4) is 0 Å². The predicted octanol–water partition coefficient (Wildman–Crippen LogP) is 5.08. The summed E-state index contributed by atoms with van der Waals surface area (Å²) >= 11 is 0. The van der Waals surface area contributed by atoms with Gasteiger partial charge in [0.25, 0.3) is 0 Å². The fourth-order valence-electron chi connectivity index (χ4n) is 4.02. The third kappa shape index (κ3) is 2.44. The Bertz CT molecular complexity index is 1020. The quantitative estimate of drug-likeness (QED) is 0.518. The highest BCUT2D eigenvalue weighted by Crippen LogP contribution is 2.36. The first-order valence-corrected chi connectivity index (χ1v) is 9.08. The maximum Gasteiger partial charge on any atom is 0.192 e. The van der Waals surface area contributed by atoms with Crippen molar-refractivity contribution in [1.82, 2.24) is 4.57 Å². The number of nitrogens with zero attached hydrogens (tertiary/aromatic N) is 1. The maximum absolute atomic E-state index is 6.36. The van der Waals surface area contributed by atoms with E-state index in [0.29, 0.717) is 6.61 Å². The molecule has 3 heteroatoms. The molecule has 2 atom stereocenters. The van der Waals surface area contributed by atoms with Gasteiger partial charge in [-0.3, -0.25) is 0 Å². The van der Waals surface area contributed by atoms with Crippen molar-refractivity contribution in [2.75, 3.05) is 6.61 Å². The average Bonchev–Trinajstić information content (AvgIpc) is 3.23. The van der Waals surface area contributed by atoms with Gasteiger partial charge in [0.1, 0.15) is 6.10 Å². The molecule has 1 fully saturated rings. The Hall–Kier alpha value is -2.62. The Kier molecular flexibility index (Phi) is 3.59. The molecule has 0 bridgehead atoms. The average molecular weight is 343 g/mol. The van der Waals surface area contributed by atoms with Gasteiger partial charge in [0.15, 0.2) is 5.79 Å². The molecule has 2 heterocycles. The number of ether oxygens (including phenoxy) is 2.